The average molecular weight is 268 g/mol. The Morgan fingerprint density at radius 3 is 2.79 bits per heavy atom. The zero-order chi connectivity index (χ0) is 13.8. The van der Waals surface area contributed by atoms with Crippen LogP contribution in [0.1, 0.15) is 32.1 Å². The summed E-state index contributed by atoms with van der Waals surface area (Å²) in [5, 5.41) is 11.4. The number of nitrogens with zero attached hydrogens (tertiary/aromatic N) is 1. The molecule has 6 heteroatoms. The lowest BCUT2D eigenvalue weighted by molar-refractivity contribution is -0.137. The highest BCUT2D eigenvalue weighted by Gasteiger charge is 2.32. The molecule has 0 aromatic carbocycles. The topological polar surface area (TPSA) is 86.7 Å². The van der Waals surface area contributed by atoms with Crippen LogP contribution in [0.2, 0.25) is 0 Å². The van der Waals surface area contributed by atoms with Gasteiger partial charge in [0.25, 0.3) is 0 Å². The van der Waals surface area contributed by atoms with Crippen molar-refractivity contribution in [1.82, 2.24) is 10.2 Å². The van der Waals surface area contributed by atoms with E-state index < -0.39 is 5.97 Å². The SMILES string of the molecule is O=C(O)CCC1CCN(C(=O)C2CCC(=O)NC2)C1. The van der Waals surface area contributed by atoms with Crippen LogP contribution < -0.4 is 5.32 Å². The van der Waals surface area contributed by atoms with Crippen LogP contribution in [0.3, 0.4) is 0 Å². The second-order valence-corrected chi connectivity index (χ2v) is 5.41. The van der Waals surface area contributed by atoms with Gasteiger partial charge in [0.2, 0.25) is 11.8 Å². The third-order valence-corrected chi connectivity index (χ3v) is 3.98. The van der Waals surface area contributed by atoms with E-state index in [2.05, 4.69) is 5.32 Å². The normalized spacial score (nSPS) is 27.2. The Morgan fingerprint density at radius 2 is 2.16 bits per heavy atom. The first-order valence-electron chi connectivity index (χ1n) is 6.83. The van der Waals surface area contributed by atoms with Crippen LogP contribution in [-0.2, 0) is 14.4 Å². The molecule has 2 saturated heterocycles. The number of carboxylic acid groups (broad SMARTS) is 1. The minimum Gasteiger partial charge on any atom is -0.481 e. The van der Waals surface area contributed by atoms with Crippen molar-refractivity contribution in [2.75, 3.05) is 19.6 Å². The van der Waals surface area contributed by atoms with Gasteiger partial charge in [-0.3, -0.25) is 14.4 Å². The van der Waals surface area contributed by atoms with Gasteiger partial charge in [0.15, 0.2) is 0 Å². The fraction of sp³-hybridized carbons (Fsp3) is 0.769. The molecule has 106 valence electrons. The van der Waals surface area contributed by atoms with E-state index >= 15 is 0 Å². The molecule has 2 atom stereocenters. The predicted octanol–water partition coefficient (Wildman–Crippen LogP) is 0.226. The van der Waals surface area contributed by atoms with Crippen LogP contribution in [0.25, 0.3) is 0 Å². The molecule has 2 aliphatic heterocycles. The van der Waals surface area contributed by atoms with Gasteiger partial charge in [0, 0.05) is 32.5 Å². The van der Waals surface area contributed by atoms with E-state index in [0.717, 1.165) is 6.42 Å². The number of carboxylic acids is 1. The van der Waals surface area contributed by atoms with E-state index in [1.54, 1.807) is 0 Å². The summed E-state index contributed by atoms with van der Waals surface area (Å²) in [6.07, 6.45) is 2.75. The van der Waals surface area contributed by atoms with Gasteiger partial charge in [-0.05, 0) is 25.2 Å². The van der Waals surface area contributed by atoms with Crippen LogP contribution in [0.4, 0.5) is 0 Å². The fourth-order valence-electron chi connectivity index (χ4n) is 2.80. The molecule has 0 aliphatic carbocycles. The number of rotatable bonds is 4. The maximum atomic E-state index is 12.2. The first-order valence-corrected chi connectivity index (χ1v) is 6.83. The van der Waals surface area contributed by atoms with Crippen LogP contribution in [0, 0.1) is 11.8 Å². The largest absolute Gasteiger partial charge is 0.481 e. The number of amides is 2. The first-order chi connectivity index (χ1) is 9.06. The minimum atomic E-state index is -0.778. The van der Waals surface area contributed by atoms with Crippen molar-refractivity contribution in [3.63, 3.8) is 0 Å². The number of likely N-dealkylation sites (tertiary alicyclic amines) is 1. The summed E-state index contributed by atoms with van der Waals surface area (Å²) < 4.78 is 0. The molecule has 2 fully saturated rings. The average Bonchev–Trinajstić information content (AvgIpc) is 2.85. The monoisotopic (exact) mass is 268 g/mol. The zero-order valence-electron chi connectivity index (χ0n) is 10.9. The summed E-state index contributed by atoms with van der Waals surface area (Å²) in [5.74, 6) is -0.448. The summed E-state index contributed by atoms with van der Waals surface area (Å²) in [7, 11) is 0. The Labute approximate surface area is 112 Å². The Morgan fingerprint density at radius 1 is 1.37 bits per heavy atom. The second-order valence-electron chi connectivity index (χ2n) is 5.41. The quantitative estimate of drug-likeness (QED) is 0.764. The van der Waals surface area contributed by atoms with Crippen molar-refractivity contribution in [2.45, 2.75) is 32.1 Å². The third-order valence-electron chi connectivity index (χ3n) is 3.98. The van der Waals surface area contributed by atoms with Crippen LogP contribution in [0.15, 0.2) is 0 Å². The summed E-state index contributed by atoms with van der Waals surface area (Å²) >= 11 is 0. The summed E-state index contributed by atoms with van der Waals surface area (Å²) in [6.45, 7) is 1.82. The van der Waals surface area contributed by atoms with Gasteiger partial charge >= 0.3 is 5.97 Å². The Bertz CT molecular complexity index is 373. The number of hydrogen-bond donors (Lipinski definition) is 2. The Kier molecular flexibility index (Phi) is 4.39. The molecule has 2 rings (SSSR count). The molecule has 0 aromatic rings. The van der Waals surface area contributed by atoms with Crippen molar-refractivity contribution in [2.24, 2.45) is 11.8 Å². The molecule has 19 heavy (non-hydrogen) atoms. The van der Waals surface area contributed by atoms with E-state index in [4.69, 9.17) is 5.11 Å². The van der Waals surface area contributed by atoms with Crippen LogP contribution in [0.5, 0.6) is 0 Å². The Balaban J connectivity index is 1.78. The highest BCUT2D eigenvalue weighted by atomic mass is 16.4. The molecule has 0 saturated carbocycles. The van der Waals surface area contributed by atoms with Gasteiger partial charge in [0.05, 0.1) is 5.92 Å². The molecular formula is C13H20N2O4. The van der Waals surface area contributed by atoms with Gasteiger partial charge in [-0.25, -0.2) is 0 Å². The van der Waals surface area contributed by atoms with Crippen LogP contribution in [-0.4, -0.2) is 47.4 Å². The van der Waals surface area contributed by atoms with E-state index in [1.165, 1.54) is 0 Å². The number of carbonyl (C=O) groups excluding carboxylic acids is 2. The van der Waals surface area contributed by atoms with Crippen molar-refractivity contribution >= 4 is 17.8 Å². The smallest absolute Gasteiger partial charge is 0.303 e. The first kappa shape index (κ1) is 13.8. The maximum absolute atomic E-state index is 12.2. The van der Waals surface area contributed by atoms with Gasteiger partial charge < -0.3 is 15.3 Å². The summed E-state index contributed by atoms with van der Waals surface area (Å²) in [5.41, 5.74) is 0. The van der Waals surface area contributed by atoms with Crippen LogP contribution >= 0.6 is 0 Å². The number of carbonyl (C=O) groups is 3. The number of piperidine rings is 1. The molecule has 6 nitrogen and oxygen atoms in total. The van der Waals surface area contributed by atoms with Crippen molar-refractivity contribution in [1.29, 1.82) is 0 Å². The molecule has 2 unspecified atom stereocenters. The van der Waals surface area contributed by atoms with Crippen molar-refractivity contribution < 1.29 is 19.5 Å². The van der Waals surface area contributed by atoms with E-state index in [0.29, 0.717) is 44.8 Å². The zero-order valence-corrected chi connectivity index (χ0v) is 10.9. The second kappa shape index (κ2) is 6.04. The standard InChI is InChI=1S/C13H20N2O4/c16-11-3-2-10(7-14-11)13(19)15-6-5-9(8-15)1-4-12(17)18/h9-10H,1-8H2,(H,14,16)(H,17,18). The number of aliphatic carboxylic acids is 1. The molecular weight excluding hydrogens is 248 g/mol. The molecule has 2 aliphatic rings. The van der Waals surface area contributed by atoms with E-state index in [1.807, 2.05) is 4.90 Å². The number of nitrogens with one attached hydrogen (secondary N) is 1. The highest BCUT2D eigenvalue weighted by Crippen LogP contribution is 2.24. The maximum Gasteiger partial charge on any atom is 0.303 e. The highest BCUT2D eigenvalue weighted by molar-refractivity contribution is 5.83. The van der Waals surface area contributed by atoms with Gasteiger partial charge in [-0.2, -0.15) is 0 Å². The molecule has 0 radical (unpaired) electrons. The molecule has 2 N–H and O–H groups in total. The van der Waals surface area contributed by atoms with E-state index in [-0.39, 0.29) is 24.2 Å². The molecule has 0 spiro atoms. The molecule has 0 aromatic heterocycles. The van der Waals surface area contributed by atoms with Crippen molar-refractivity contribution in [3.8, 4) is 0 Å². The summed E-state index contributed by atoms with van der Waals surface area (Å²) in [4.78, 5) is 35.7. The van der Waals surface area contributed by atoms with Crippen molar-refractivity contribution in [3.05, 3.63) is 0 Å². The van der Waals surface area contributed by atoms with E-state index in [9.17, 15) is 14.4 Å². The van der Waals surface area contributed by atoms with Gasteiger partial charge in [-0.15, -0.1) is 0 Å². The molecule has 2 heterocycles. The lowest BCUT2D eigenvalue weighted by Crippen LogP contribution is -2.44. The Hall–Kier alpha value is -1.59. The molecule has 0 bridgehead atoms. The van der Waals surface area contributed by atoms with Gasteiger partial charge in [0.1, 0.15) is 0 Å². The molecule has 2 amide bonds. The summed E-state index contributed by atoms with van der Waals surface area (Å²) in [6, 6.07) is 0. The third kappa shape index (κ3) is 3.68. The minimum absolute atomic E-state index is 0.0183. The fourth-order valence-corrected chi connectivity index (χ4v) is 2.80. The lowest BCUT2D eigenvalue weighted by atomic mass is 9.97. The number of hydrogen-bond acceptors (Lipinski definition) is 3. The van der Waals surface area contributed by atoms with Gasteiger partial charge in [-0.1, -0.05) is 0 Å². The lowest BCUT2D eigenvalue weighted by Gasteiger charge is -2.26. The predicted molar refractivity (Wildman–Crippen MR) is 67.3 cm³/mol.